The standard InChI is InChI=1S/C21H23NO4S/c1-15-9-11-18(12-10-15)27(24,25)22-14-13-19(17-7-5-4-6-8-17)20(22)16(2)21(23)26-3/h4-12,19-20H,2,13-14H2,1,3H3/t19-,20-/m0/s1. The van der Waals surface area contributed by atoms with Gasteiger partial charge in [0.1, 0.15) is 0 Å². The lowest BCUT2D eigenvalue weighted by atomic mass is 9.88. The second-order valence-electron chi connectivity index (χ2n) is 6.70. The number of benzene rings is 2. The Balaban J connectivity index is 2.04. The summed E-state index contributed by atoms with van der Waals surface area (Å²) in [6, 6.07) is 15.7. The molecule has 2 aromatic carbocycles. The van der Waals surface area contributed by atoms with Crippen LogP contribution in [0.4, 0.5) is 0 Å². The van der Waals surface area contributed by atoms with Crippen molar-refractivity contribution in [2.75, 3.05) is 13.7 Å². The van der Waals surface area contributed by atoms with Crippen LogP contribution in [0.2, 0.25) is 0 Å². The number of aryl methyl sites for hydroxylation is 1. The van der Waals surface area contributed by atoms with Gasteiger partial charge in [0.15, 0.2) is 0 Å². The van der Waals surface area contributed by atoms with Gasteiger partial charge in [-0.1, -0.05) is 54.6 Å². The van der Waals surface area contributed by atoms with Gasteiger partial charge in [-0.3, -0.25) is 0 Å². The Kier molecular flexibility index (Phi) is 5.48. The van der Waals surface area contributed by atoms with E-state index < -0.39 is 22.0 Å². The lowest BCUT2D eigenvalue weighted by Gasteiger charge is -2.28. The van der Waals surface area contributed by atoms with Crippen LogP contribution in [0.15, 0.2) is 71.6 Å². The van der Waals surface area contributed by atoms with E-state index in [9.17, 15) is 13.2 Å². The van der Waals surface area contributed by atoms with Gasteiger partial charge in [-0.25, -0.2) is 13.2 Å². The third-order valence-corrected chi connectivity index (χ3v) is 6.91. The average molecular weight is 385 g/mol. The van der Waals surface area contributed by atoms with Crippen LogP contribution in [-0.2, 0) is 19.6 Å². The Morgan fingerprint density at radius 2 is 1.74 bits per heavy atom. The third-order valence-electron chi connectivity index (χ3n) is 5.01. The molecule has 1 heterocycles. The van der Waals surface area contributed by atoms with Gasteiger partial charge in [-0.15, -0.1) is 0 Å². The Hall–Kier alpha value is -2.44. The molecule has 2 aromatic rings. The minimum absolute atomic E-state index is 0.152. The van der Waals surface area contributed by atoms with Crippen LogP contribution >= 0.6 is 0 Å². The molecule has 0 saturated carbocycles. The maximum Gasteiger partial charge on any atom is 0.334 e. The van der Waals surface area contributed by atoms with E-state index in [2.05, 4.69) is 6.58 Å². The molecule has 142 valence electrons. The molecular weight excluding hydrogens is 362 g/mol. The van der Waals surface area contributed by atoms with Crippen molar-refractivity contribution in [3.8, 4) is 0 Å². The van der Waals surface area contributed by atoms with Crippen molar-refractivity contribution in [1.29, 1.82) is 0 Å². The molecule has 0 spiro atoms. The number of methoxy groups -OCH3 is 1. The molecule has 0 unspecified atom stereocenters. The molecule has 0 amide bonds. The Bertz CT molecular complexity index is 936. The van der Waals surface area contributed by atoms with Gasteiger partial charge in [0.25, 0.3) is 0 Å². The molecule has 1 aliphatic heterocycles. The van der Waals surface area contributed by atoms with Crippen LogP contribution in [0.3, 0.4) is 0 Å². The fourth-order valence-electron chi connectivity index (χ4n) is 3.60. The number of nitrogens with zero attached hydrogens (tertiary/aromatic N) is 1. The highest BCUT2D eigenvalue weighted by atomic mass is 32.2. The Labute approximate surface area is 160 Å². The van der Waals surface area contributed by atoms with Crippen LogP contribution in [-0.4, -0.2) is 38.4 Å². The molecular formula is C21H23NO4S. The van der Waals surface area contributed by atoms with Crippen molar-refractivity contribution in [3.05, 3.63) is 77.9 Å². The number of carbonyl (C=O) groups is 1. The second kappa shape index (κ2) is 7.66. The molecule has 0 aliphatic carbocycles. The van der Waals surface area contributed by atoms with Gasteiger partial charge in [0.2, 0.25) is 10.0 Å². The molecule has 5 nitrogen and oxygen atoms in total. The van der Waals surface area contributed by atoms with Crippen molar-refractivity contribution < 1.29 is 17.9 Å². The summed E-state index contributed by atoms with van der Waals surface area (Å²) in [6.07, 6.45) is 0.607. The molecule has 0 aromatic heterocycles. The molecule has 6 heteroatoms. The topological polar surface area (TPSA) is 63.7 Å². The van der Waals surface area contributed by atoms with Gasteiger partial charge >= 0.3 is 5.97 Å². The number of carbonyl (C=O) groups excluding carboxylic acids is 1. The lowest BCUT2D eigenvalue weighted by Crippen LogP contribution is -2.40. The summed E-state index contributed by atoms with van der Waals surface area (Å²) in [5, 5.41) is 0. The second-order valence-corrected chi connectivity index (χ2v) is 8.59. The van der Waals surface area contributed by atoms with Gasteiger partial charge in [-0.2, -0.15) is 4.31 Å². The minimum atomic E-state index is -3.77. The zero-order valence-corrected chi connectivity index (χ0v) is 16.3. The first-order chi connectivity index (χ1) is 12.9. The number of hydrogen-bond donors (Lipinski definition) is 0. The van der Waals surface area contributed by atoms with E-state index in [4.69, 9.17) is 4.74 Å². The fourth-order valence-corrected chi connectivity index (χ4v) is 5.27. The lowest BCUT2D eigenvalue weighted by molar-refractivity contribution is -0.136. The van der Waals surface area contributed by atoms with E-state index >= 15 is 0 Å². The van der Waals surface area contributed by atoms with E-state index in [0.29, 0.717) is 13.0 Å². The smallest absolute Gasteiger partial charge is 0.334 e. The molecule has 0 radical (unpaired) electrons. The van der Waals surface area contributed by atoms with Crippen molar-refractivity contribution in [3.63, 3.8) is 0 Å². The van der Waals surface area contributed by atoms with E-state index in [0.717, 1.165) is 11.1 Å². The SMILES string of the molecule is C=C(C(=O)OC)[C@H]1[C@H](c2ccccc2)CCN1S(=O)(=O)c1ccc(C)cc1. The molecule has 0 bridgehead atoms. The van der Waals surface area contributed by atoms with Gasteiger partial charge < -0.3 is 4.74 Å². The minimum Gasteiger partial charge on any atom is -0.466 e. The van der Waals surface area contributed by atoms with Crippen LogP contribution in [0, 0.1) is 6.92 Å². The summed E-state index contributed by atoms with van der Waals surface area (Å²) in [4.78, 5) is 12.4. The Morgan fingerprint density at radius 1 is 1.11 bits per heavy atom. The summed E-state index contributed by atoms with van der Waals surface area (Å²) >= 11 is 0. The highest BCUT2D eigenvalue weighted by Gasteiger charge is 2.45. The van der Waals surface area contributed by atoms with Gasteiger partial charge in [0.05, 0.1) is 18.0 Å². The van der Waals surface area contributed by atoms with Crippen molar-refractivity contribution in [1.82, 2.24) is 4.31 Å². The summed E-state index contributed by atoms with van der Waals surface area (Å²) in [5.74, 6) is -0.745. The highest BCUT2D eigenvalue weighted by Crippen LogP contribution is 2.40. The van der Waals surface area contributed by atoms with E-state index in [1.807, 2.05) is 37.3 Å². The summed E-state index contributed by atoms with van der Waals surface area (Å²) in [6.45, 7) is 6.09. The number of sulfonamides is 1. The molecule has 1 aliphatic rings. The maximum atomic E-state index is 13.3. The fraction of sp³-hybridized carbons (Fsp3) is 0.286. The Morgan fingerprint density at radius 3 is 2.33 bits per heavy atom. The predicted octanol–water partition coefficient (Wildman–Crippen LogP) is 3.27. The first-order valence-corrected chi connectivity index (χ1v) is 10.2. The zero-order valence-electron chi connectivity index (χ0n) is 15.5. The van der Waals surface area contributed by atoms with Crippen molar-refractivity contribution >= 4 is 16.0 Å². The molecule has 2 atom stereocenters. The summed E-state index contributed by atoms with van der Waals surface area (Å²) in [5.41, 5.74) is 2.11. The highest BCUT2D eigenvalue weighted by molar-refractivity contribution is 7.89. The monoisotopic (exact) mass is 385 g/mol. The molecule has 1 saturated heterocycles. The van der Waals surface area contributed by atoms with Crippen LogP contribution in [0.5, 0.6) is 0 Å². The predicted molar refractivity (Wildman–Crippen MR) is 104 cm³/mol. The largest absolute Gasteiger partial charge is 0.466 e. The van der Waals surface area contributed by atoms with E-state index in [1.165, 1.54) is 11.4 Å². The molecule has 27 heavy (non-hydrogen) atoms. The van der Waals surface area contributed by atoms with Crippen molar-refractivity contribution in [2.24, 2.45) is 0 Å². The van der Waals surface area contributed by atoms with Gasteiger partial charge in [-0.05, 0) is 31.0 Å². The first-order valence-electron chi connectivity index (χ1n) is 8.77. The zero-order chi connectivity index (χ0) is 19.6. The normalized spacial score (nSPS) is 20.4. The maximum absolute atomic E-state index is 13.3. The summed E-state index contributed by atoms with van der Waals surface area (Å²) < 4.78 is 32.8. The van der Waals surface area contributed by atoms with Crippen LogP contribution in [0.25, 0.3) is 0 Å². The summed E-state index contributed by atoms with van der Waals surface area (Å²) in [7, 11) is -2.49. The van der Waals surface area contributed by atoms with Crippen LogP contribution in [0.1, 0.15) is 23.5 Å². The van der Waals surface area contributed by atoms with E-state index in [1.54, 1.807) is 24.3 Å². The van der Waals surface area contributed by atoms with Crippen molar-refractivity contribution in [2.45, 2.75) is 30.2 Å². The number of ether oxygens (including phenoxy) is 1. The van der Waals surface area contributed by atoms with Gasteiger partial charge in [0, 0.05) is 18.0 Å². The number of rotatable bonds is 5. The average Bonchev–Trinajstić information content (AvgIpc) is 3.13. The molecule has 1 fully saturated rings. The van der Waals surface area contributed by atoms with E-state index in [-0.39, 0.29) is 16.4 Å². The molecule has 0 N–H and O–H groups in total. The third kappa shape index (κ3) is 3.68. The first kappa shape index (κ1) is 19.3. The molecule has 3 rings (SSSR count). The number of esters is 1. The number of hydrogen-bond acceptors (Lipinski definition) is 4. The van der Waals surface area contributed by atoms with Crippen LogP contribution < -0.4 is 0 Å². The quantitative estimate of drug-likeness (QED) is 0.585.